The van der Waals surface area contributed by atoms with Gasteiger partial charge in [-0.15, -0.1) is 0 Å². The van der Waals surface area contributed by atoms with Crippen LogP contribution in [0.5, 0.6) is 0 Å². The fraction of sp³-hybridized carbons (Fsp3) is 0.238. The molecule has 0 aliphatic heterocycles. The molecular formula is C21H21N3O. The number of carbonyl (C=O) groups is 1. The Bertz CT molecular complexity index is 924. The predicted molar refractivity (Wildman–Crippen MR) is 99.0 cm³/mol. The highest BCUT2D eigenvalue weighted by molar-refractivity contribution is 6.00. The minimum absolute atomic E-state index is 0.0436. The molecule has 2 aromatic carbocycles. The summed E-state index contributed by atoms with van der Waals surface area (Å²) in [6, 6.07) is 16.4. The second-order valence-electron chi connectivity index (χ2n) is 6.72. The van der Waals surface area contributed by atoms with Crippen LogP contribution in [0.25, 0.3) is 16.9 Å². The van der Waals surface area contributed by atoms with Crippen molar-refractivity contribution in [3.8, 4) is 16.9 Å². The summed E-state index contributed by atoms with van der Waals surface area (Å²) in [5.41, 5.74) is 5.69. The zero-order chi connectivity index (χ0) is 17.4. The molecule has 1 aliphatic carbocycles. The first-order valence-electron chi connectivity index (χ1n) is 8.65. The Kier molecular flexibility index (Phi) is 3.88. The Morgan fingerprint density at radius 1 is 1.08 bits per heavy atom. The summed E-state index contributed by atoms with van der Waals surface area (Å²) in [6.45, 7) is 4.17. The van der Waals surface area contributed by atoms with Crippen LogP contribution in [0.4, 0.5) is 0 Å². The van der Waals surface area contributed by atoms with Crippen LogP contribution in [0.1, 0.15) is 34.3 Å². The van der Waals surface area contributed by atoms with E-state index >= 15 is 0 Å². The SMILES string of the molecule is Cc1ccc(-c2nn(-c3ccccc3)cc2C(=O)NC2CC2)cc1C. The van der Waals surface area contributed by atoms with Gasteiger partial charge in [-0.1, -0.05) is 30.3 Å². The third-order valence-corrected chi connectivity index (χ3v) is 4.67. The first kappa shape index (κ1) is 15.6. The maximum atomic E-state index is 12.7. The molecule has 4 nitrogen and oxygen atoms in total. The lowest BCUT2D eigenvalue weighted by Crippen LogP contribution is -2.25. The number of carbonyl (C=O) groups excluding carboxylic acids is 1. The molecule has 4 rings (SSSR count). The molecule has 1 N–H and O–H groups in total. The second-order valence-corrected chi connectivity index (χ2v) is 6.72. The van der Waals surface area contributed by atoms with Crippen molar-refractivity contribution < 1.29 is 4.79 Å². The number of aromatic nitrogens is 2. The van der Waals surface area contributed by atoms with E-state index in [0.29, 0.717) is 11.6 Å². The largest absolute Gasteiger partial charge is 0.349 e. The molecule has 1 amide bonds. The van der Waals surface area contributed by atoms with Gasteiger partial charge in [0, 0.05) is 17.8 Å². The van der Waals surface area contributed by atoms with Gasteiger partial charge in [-0.2, -0.15) is 5.10 Å². The maximum absolute atomic E-state index is 12.7. The van der Waals surface area contributed by atoms with Gasteiger partial charge >= 0.3 is 0 Å². The van der Waals surface area contributed by atoms with Crippen molar-refractivity contribution in [2.75, 3.05) is 0 Å². The van der Waals surface area contributed by atoms with Gasteiger partial charge in [0.1, 0.15) is 5.69 Å². The molecule has 0 atom stereocenters. The Hall–Kier alpha value is -2.88. The summed E-state index contributed by atoms with van der Waals surface area (Å²) in [6.07, 6.45) is 3.96. The zero-order valence-corrected chi connectivity index (χ0v) is 14.5. The topological polar surface area (TPSA) is 46.9 Å². The highest BCUT2D eigenvalue weighted by Crippen LogP contribution is 2.27. The zero-order valence-electron chi connectivity index (χ0n) is 14.5. The number of aryl methyl sites for hydroxylation is 2. The molecule has 0 spiro atoms. The molecule has 1 aromatic heterocycles. The number of nitrogens with one attached hydrogen (secondary N) is 1. The molecule has 0 radical (unpaired) electrons. The van der Waals surface area contributed by atoms with E-state index in [9.17, 15) is 4.79 Å². The van der Waals surface area contributed by atoms with Gasteiger partial charge in [-0.25, -0.2) is 4.68 Å². The highest BCUT2D eigenvalue weighted by atomic mass is 16.1. The van der Waals surface area contributed by atoms with Crippen molar-refractivity contribution in [3.05, 3.63) is 71.4 Å². The standard InChI is InChI=1S/C21H21N3O/c1-14-8-9-16(12-15(14)2)20-19(21(25)22-17-10-11-17)13-24(23-20)18-6-4-3-5-7-18/h3-9,12-13,17H,10-11H2,1-2H3,(H,22,25). The lowest BCUT2D eigenvalue weighted by Gasteiger charge is -2.06. The monoisotopic (exact) mass is 331 g/mol. The van der Waals surface area contributed by atoms with Crippen molar-refractivity contribution in [1.29, 1.82) is 0 Å². The van der Waals surface area contributed by atoms with E-state index in [4.69, 9.17) is 5.10 Å². The van der Waals surface area contributed by atoms with E-state index in [1.807, 2.05) is 42.6 Å². The Balaban J connectivity index is 1.80. The normalized spacial score (nSPS) is 13.7. The average Bonchev–Trinajstić information content (AvgIpc) is 3.32. The Morgan fingerprint density at radius 2 is 1.84 bits per heavy atom. The van der Waals surface area contributed by atoms with E-state index in [1.165, 1.54) is 11.1 Å². The first-order valence-corrected chi connectivity index (χ1v) is 8.65. The van der Waals surface area contributed by atoms with Crippen LogP contribution in [0.2, 0.25) is 0 Å². The summed E-state index contributed by atoms with van der Waals surface area (Å²) in [5.74, 6) is -0.0436. The summed E-state index contributed by atoms with van der Waals surface area (Å²) in [7, 11) is 0. The third kappa shape index (κ3) is 3.20. The van der Waals surface area contributed by atoms with Crippen LogP contribution < -0.4 is 5.32 Å². The number of hydrogen-bond donors (Lipinski definition) is 1. The maximum Gasteiger partial charge on any atom is 0.255 e. The van der Waals surface area contributed by atoms with E-state index in [2.05, 4.69) is 31.3 Å². The van der Waals surface area contributed by atoms with Crippen molar-refractivity contribution in [3.63, 3.8) is 0 Å². The van der Waals surface area contributed by atoms with Crippen LogP contribution in [-0.4, -0.2) is 21.7 Å². The second kappa shape index (κ2) is 6.20. The van der Waals surface area contributed by atoms with Crippen LogP contribution in [0.15, 0.2) is 54.7 Å². The molecule has 4 heteroatoms. The molecule has 1 heterocycles. The summed E-state index contributed by atoms with van der Waals surface area (Å²) in [5, 5.41) is 7.80. The van der Waals surface area contributed by atoms with E-state index < -0.39 is 0 Å². The Labute approximate surface area is 147 Å². The van der Waals surface area contributed by atoms with Gasteiger partial charge in [-0.3, -0.25) is 4.79 Å². The van der Waals surface area contributed by atoms with Crippen molar-refractivity contribution in [2.24, 2.45) is 0 Å². The molecule has 0 saturated heterocycles. The van der Waals surface area contributed by atoms with Crippen LogP contribution in [0, 0.1) is 13.8 Å². The fourth-order valence-corrected chi connectivity index (χ4v) is 2.85. The Morgan fingerprint density at radius 3 is 2.52 bits per heavy atom. The number of benzene rings is 2. The van der Waals surface area contributed by atoms with Crippen molar-refractivity contribution >= 4 is 5.91 Å². The predicted octanol–water partition coefficient (Wildman–Crippen LogP) is 4.05. The van der Waals surface area contributed by atoms with Crippen molar-refractivity contribution in [1.82, 2.24) is 15.1 Å². The van der Waals surface area contributed by atoms with Crippen molar-refractivity contribution in [2.45, 2.75) is 32.7 Å². The molecule has 1 fully saturated rings. The molecule has 126 valence electrons. The van der Waals surface area contributed by atoms with Gasteiger partial charge in [0.05, 0.1) is 11.3 Å². The summed E-state index contributed by atoms with van der Waals surface area (Å²) in [4.78, 5) is 12.7. The van der Waals surface area contributed by atoms with Gasteiger partial charge in [0.2, 0.25) is 0 Å². The van der Waals surface area contributed by atoms with Crippen LogP contribution in [-0.2, 0) is 0 Å². The highest BCUT2D eigenvalue weighted by Gasteiger charge is 2.26. The van der Waals surface area contributed by atoms with E-state index in [1.54, 1.807) is 4.68 Å². The molecule has 25 heavy (non-hydrogen) atoms. The first-order chi connectivity index (χ1) is 12.1. The third-order valence-electron chi connectivity index (χ3n) is 4.67. The lowest BCUT2D eigenvalue weighted by molar-refractivity contribution is 0.0951. The summed E-state index contributed by atoms with van der Waals surface area (Å²) >= 11 is 0. The lowest BCUT2D eigenvalue weighted by atomic mass is 10.0. The number of rotatable bonds is 4. The van der Waals surface area contributed by atoms with Gasteiger partial charge < -0.3 is 5.32 Å². The average molecular weight is 331 g/mol. The summed E-state index contributed by atoms with van der Waals surface area (Å²) < 4.78 is 1.78. The van der Waals surface area contributed by atoms with E-state index in [0.717, 1.165) is 29.8 Å². The number of nitrogens with zero attached hydrogens (tertiary/aromatic N) is 2. The minimum Gasteiger partial charge on any atom is -0.349 e. The number of para-hydroxylation sites is 1. The fourth-order valence-electron chi connectivity index (χ4n) is 2.85. The van der Waals surface area contributed by atoms with Gasteiger partial charge in [0.25, 0.3) is 5.91 Å². The quantitative estimate of drug-likeness (QED) is 0.784. The van der Waals surface area contributed by atoms with Gasteiger partial charge in [-0.05, 0) is 56.0 Å². The molecular weight excluding hydrogens is 310 g/mol. The number of amides is 1. The van der Waals surface area contributed by atoms with Gasteiger partial charge in [0.15, 0.2) is 0 Å². The molecule has 1 saturated carbocycles. The molecule has 0 bridgehead atoms. The number of hydrogen-bond acceptors (Lipinski definition) is 2. The van der Waals surface area contributed by atoms with Crippen LogP contribution in [0.3, 0.4) is 0 Å². The van der Waals surface area contributed by atoms with E-state index in [-0.39, 0.29) is 5.91 Å². The smallest absolute Gasteiger partial charge is 0.255 e. The molecule has 3 aromatic rings. The molecule has 1 aliphatic rings. The minimum atomic E-state index is -0.0436. The molecule has 0 unspecified atom stereocenters. The van der Waals surface area contributed by atoms with Crippen LogP contribution >= 0.6 is 0 Å².